The first-order chi connectivity index (χ1) is 12.5. The fourth-order valence-corrected chi connectivity index (χ4v) is 3.94. The molecule has 1 unspecified atom stereocenters. The predicted molar refractivity (Wildman–Crippen MR) is 104 cm³/mol. The van der Waals surface area contributed by atoms with Gasteiger partial charge in [-0.25, -0.2) is 0 Å². The number of likely N-dealkylation sites (tertiary alicyclic amines) is 1. The third-order valence-electron chi connectivity index (χ3n) is 4.07. The summed E-state index contributed by atoms with van der Waals surface area (Å²) in [5.41, 5.74) is 0. The molecule has 1 aromatic heterocycles. The van der Waals surface area contributed by atoms with Gasteiger partial charge in [-0.15, -0.1) is 10.2 Å². The van der Waals surface area contributed by atoms with Crippen molar-refractivity contribution in [1.29, 1.82) is 0 Å². The second-order valence-electron chi connectivity index (χ2n) is 6.16. The average molecular weight is 415 g/mol. The van der Waals surface area contributed by atoms with E-state index in [4.69, 9.17) is 27.9 Å². The zero-order valence-electron chi connectivity index (χ0n) is 14.4. The van der Waals surface area contributed by atoms with E-state index in [9.17, 15) is 4.79 Å². The highest BCUT2D eigenvalue weighted by Crippen LogP contribution is 2.28. The van der Waals surface area contributed by atoms with Crippen LogP contribution < -0.4 is 10.1 Å². The molecular weight excluding hydrogens is 395 g/mol. The maximum absolute atomic E-state index is 12.3. The van der Waals surface area contributed by atoms with Crippen LogP contribution in [0.2, 0.25) is 10.0 Å². The highest BCUT2D eigenvalue weighted by atomic mass is 35.5. The number of amides is 1. The van der Waals surface area contributed by atoms with Crippen LogP contribution in [0.25, 0.3) is 0 Å². The predicted octanol–water partition coefficient (Wildman–Crippen LogP) is 4.24. The number of piperidine rings is 1. The van der Waals surface area contributed by atoms with Gasteiger partial charge < -0.3 is 4.74 Å². The lowest BCUT2D eigenvalue weighted by Gasteiger charge is -2.24. The highest BCUT2D eigenvalue weighted by Gasteiger charge is 2.19. The zero-order valence-corrected chi connectivity index (χ0v) is 16.7. The van der Waals surface area contributed by atoms with Gasteiger partial charge in [0.15, 0.2) is 6.10 Å². The minimum Gasteiger partial charge on any atom is -0.479 e. The summed E-state index contributed by atoms with van der Waals surface area (Å²) in [6.07, 6.45) is 3.02. The van der Waals surface area contributed by atoms with Gasteiger partial charge in [0.1, 0.15) is 10.8 Å². The third kappa shape index (κ3) is 5.30. The standard InChI is InChI=1S/C17H20Cl2N4O2S/c1-11(25-14-6-5-12(18)9-13(14)19)16(24)20-17-22-21-15(26-17)10-23-7-3-2-4-8-23/h5-6,9,11H,2-4,7-8,10H2,1H3,(H,20,22,24). The lowest BCUT2D eigenvalue weighted by Crippen LogP contribution is -2.30. The number of hydrogen-bond acceptors (Lipinski definition) is 6. The smallest absolute Gasteiger partial charge is 0.266 e. The number of nitrogens with zero attached hydrogens (tertiary/aromatic N) is 3. The van der Waals surface area contributed by atoms with Crippen molar-refractivity contribution >= 4 is 45.6 Å². The lowest BCUT2D eigenvalue weighted by molar-refractivity contribution is -0.122. The number of rotatable bonds is 6. The summed E-state index contributed by atoms with van der Waals surface area (Å²) in [6, 6.07) is 4.86. The van der Waals surface area contributed by atoms with Gasteiger partial charge in [-0.3, -0.25) is 15.0 Å². The number of nitrogens with one attached hydrogen (secondary N) is 1. The number of anilines is 1. The van der Waals surface area contributed by atoms with Crippen LogP contribution in [0.4, 0.5) is 5.13 Å². The molecule has 1 N–H and O–H groups in total. The second-order valence-corrected chi connectivity index (χ2v) is 8.07. The van der Waals surface area contributed by atoms with E-state index in [1.54, 1.807) is 25.1 Å². The minimum atomic E-state index is -0.733. The molecule has 1 fully saturated rings. The van der Waals surface area contributed by atoms with Crippen molar-refractivity contribution in [3.05, 3.63) is 33.3 Å². The van der Waals surface area contributed by atoms with Crippen LogP contribution in [-0.4, -0.2) is 40.2 Å². The van der Waals surface area contributed by atoms with E-state index in [1.807, 2.05) is 0 Å². The Bertz CT molecular complexity index is 765. The molecule has 0 spiro atoms. The molecule has 1 amide bonds. The van der Waals surface area contributed by atoms with Crippen LogP contribution in [0.1, 0.15) is 31.2 Å². The first-order valence-electron chi connectivity index (χ1n) is 8.48. The molecule has 140 valence electrons. The van der Waals surface area contributed by atoms with Gasteiger partial charge in [0.05, 0.1) is 11.6 Å². The maximum atomic E-state index is 12.3. The number of aromatic nitrogens is 2. The molecule has 1 aliphatic heterocycles. The molecule has 1 aromatic carbocycles. The monoisotopic (exact) mass is 414 g/mol. The van der Waals surface area contributed by atoms with Gasteiger partial charge in [-0.1, -0.05) is 41.0 Å². The summed E-state index contributed by atoms with van der Waals surface area (Å²) in [4.78, 5) is 14.7. The summed E-state index contributed by atoms with van der Waals surface area (Å²) < 4.78 is 5.61. The summed E-state index contributed by atoms with van der Waals surface area (Å²) in [5, 5.41) is 13.2. The Morgan fingerprint density at radius 1 is 1.31 bits per heavy atom. The molecule has 26 heavy (non-hydrogen) atoms. The summed E-state index contributed by atoms with van der Waals surface area (Å²) in [5.74, 6) is 0.0958. The van der Waals surface area contributed by atoms with Crippen molar-refractivity contribution in [3.8, 4) is 5.75 Å². The Kier molecular flexibility index (Phi) is 6.69. The number of benzene rings is 1. The van der Waals surface area contributed by atoms with Crippen molar-refractivity contribution < 1.29 is 9.53 Å². The largest absolute Gasteiger partial charge is 0.479 e. The number of halogens is 2. The van der Waals surface area contributed by atoms with E-state index in [0.29, 0.717) is 20.9 Å². The molecule has 0 bridgehead atoms. The van der Waals surface area contributed by atoms with Gasteiger partial charge in [-0.05, 0) is 51.1 Å². The van der Waals surface area contributed by atoms with Crippen LogP contribution >= 0.6 is 34.5 Å². The topological polar surface area (TPSA) is 67.3 Å². The molecule has 3 rings (SSSR count). The van der Waals surface area contributed by atoms with Crippen molar-refractivity contribution in [2.24, 2.45) is 0 Å². The van der Waals surface area contributed by atoms with Gasteiger partial charge in [0, 0.05) is 5.02 Å². The minimum absolute atomic E-state index is 0.309. The van der Waals surface area contributed by atoms with E-state index in [0.717, 1.165) is 24.6 Å². The Labute approximate surface area is 166 Å². The Morgan fingerprint density at radius 3 is 2.81 bits per heavy atom. The van der Waals surface area contributed by atoms with Gasteiger partial charge in [0.2, 0.25) is 5.13 Å². The van der Waals surface area contributed by atoms with Crippen molar-refractivity contribution in [2.45, 2.75) is 38.8 Å². The molecule has 1 saturated heterocycles. The maximum Gasteiger partial charge on any atom is 0.266 e. The molecule has 0 saturated carbocycles. The van der Waals surface area contributed by atoms with Crippen LogP contribution in [0, 0.1) is 0 Å². The Balaban J connectivity index is 1.53. The van der Waals surface area contributed by atoms with Gasteiger partial charge in [0.25, 0.3) is 5.91 Å². The molecular formula is C17H20Cl2N4O2S. The fourth-order valence-electron chi connectivity index (χ4n) is 2.70. The van der Waals surface area contributed by atoms with Crippen molar-refractivity contribution in [2.75, 3.05) is 18.4 Å². The quantitative estimate of drug-likeness (QED) is 0.765. The zero-order chi connectivity index (χ0) is 18.5. The van der Waals surface area contributed by atoms with Crippen molar-refractivity contribution in [3.63, 3.8) is 0 Å². The van der Waals surface area contributed by atoms with E-state index >= 15 is 0 Å². The van der Waals surface area contributed by atoms with Crippen LogP contribution in [-0.2, 0) is 11.3 Å². The molecule has 6 nitrogen and oxygen atoms in total. The first kappa shape index (κ1) is 19.4. The molecule has 9 heteroatoms. The molecule has 2 heterocycles. The number of hydrogen-bond donors (Lipinski definition) is 1. The number of carbonyl (C=O) groups is 1. The highest BCUT2D eigenvalue weighted by molar-refractivity contribution is 7.15. The average Bonchev–Trinajstić information content (AvgIpc) is 3.05. The SMILES string of the molecule is CC(Oc1ccc(Cl)cc1Cl)C(=O)Nc1nnc(CN2CCCCC2)s1. The first-order valence-corrected chi connectivity index (χ1v) is 10.1. The number of ether oxygens (including phenoxy) is 1. The summed E-state index contributed by atoms with van der Waals surface area (Å²) in [7, 11) is 0. The Morgan fingerprint density at radius 2 is 2.08 bits per heavy atom. The molecule has 0 radical (unpaired) electrons. The molecule has 1 aliphatic rings. The van der Waals surface area contributed by atoms with Gasteiger partial charge >= 0.3 is 0 Å². The molecule has 1 atom stereocenters. The van der Waals surface area contributed by atoms with Crippen LogP contribution in [0.3, 0.4) is 0 Å². The molecule has 0 aliphatic carbocycles. The summed E-state index contributed by atoms with van der Waals surface area (Å²) in [6.45, 7) is 4.61. The second kappa shape index (κ2) is 8.99. The lowest BCUT2D eigenvalue weighted by atomic mass is 10.1. The van der Waals surface area contributed by atoms with Gasteiger partial charge in [-0.2, -0.15) is 0 Å². The normalized spacial score (nSPS) is 16.3. The van der Waals surface area contributed by atoms with Crippen LogP contribution in [0.15, 0.2) is 18.2 Å². The van der Waals surface area contributed by atoms with E-state index < -0.39 is 6.10 Å². The molecule has 2 aromatic rings. The third-order valence-corrected chi connectivity index (χ3v) is 5.43. The van der Waals surface area contributed by atoms with Crippen molar-refractivity contribution in [1.82, 2.24) is 15.1 Å². The van der Waals surface area contributed by atoms with E-state index in [-0.39, 0.29) is 5.91 Å². The Hall–Kier alpha value is -1.41. The fraction of sp³-hybridized carbons (Fsp3) is 0.471. The van der Waals surface area contributed by atoms with Crippen LogP contribution in [0.5, 0.6) is 5.75 Å². The number of carbonyl (C=O) groups excluding carboxylic acids is 1. The summed E-state index contributed by atoms with van der Waals surface area (Å²) >= 11 is 13.3. The van der Waals surface area contributed by atoms with E-state index in [1.165, 1.54) is 30.6 Å². The van der Waals surface area contributed by atoms with E-state index in [2.05, 4.69) is 20.4 Å².